The molecule has 0 aromatic heterocycles. The number of carbonyl (C=O) groups excluding carboxylic acids is 2. The van der Waals surface area contributed by atoms with Gasteiger partial charge in [-0.15, -0.1) is 0 Å². The standard InChI is InChI=1S/C20H24FNO3/c1-12(25-19(24)16-2-4-17(21)5-3-16)18(23)22-20-9-13-6-14(10-20)8-15(7-13)11-20/h2-5,12-15H,6-11H2,1H3,(H,22,23). The van der Waals surface area contributed by atoms with Crippen LogP contribution < -0.4 is 5.32 Å². The van der Waals surface area contributed by atoms with Crippen molar-refractivity contribution in [3.05, 3.63) is 35.6 Å². The molecule has 134 valence electrons. The Bertz CT molecular complexity index is 649. The number of amides is 1. The van der Waals surface area contributed by atoms with E-state index in [1.165, 1.54) is 43.5 Å². The van der Waals surface area contributed by atoms with E-state index in [1.807, 2.05) is 0 Å². The first-order valence-electron chi connectivity index (χ1n) is 9.21. The van der Waals surface area contributed by atoms with Crippen LogP contribution in [0.4, 0.5) is 4.39 Å². The molecule has 4 aliphatic carbocycles. The number of ether oxygens (including phenoxy) is 1. The second-order valence-electron chi connectivity index (χ2n) is 8.24. The summed E-state index contributed by atoms with van der Waals surface area (Å²) in [4.78, 5) is 24.7. The number of rotatable bonds is 4. The number of hydrogen-bond acceptors (Lipinski definition) is 3. The zero-order valence-corrected chi connectivity index (χ0v) is 14.5. The normalized spacial score (nSPS) is 33.8. The van der Waals surface area contributed by atoms with Crippen LogP contribution in [0.5, 0.6) is 0 Å². The highest BCUT2D eigenvalue weighted by atomic mass is 19.1. The van der Waals surface area contributed by atoms with E-state index in [-0.39, 0.29) is 17.0 Å². The Morgan fingerprint density at radius 3 is 2.12 bits per heavy atom. The number of halogens is 1. The van der Waals surface area contributed by atoms with Gasteiger partial charge in [0.25, 0.3) is 5.91 Å². The minimum absolute atomic E-state index is 0.0949. The largest absolute Gasteiger partial charge is 0.449 e. The van der Waals surface area contributed by atoms with Gasteiger partial charge in [0, 0.05) is 5.54 Å². The first kappa shape index (κ1) is 16.6. The third-order valence-corrected chi connectivity index (χ3v) is 6.16. The van der Waals surface area contributed by atoms with Gasteiger partial charge in [-0.3, -0.25) is 4.79 Å². The van der Waals surface area contributed by atoms with E-state index in [2.05, 4.69) is 5.32 Å². The van der Waals surface area contributed by atoms with Gasteiger partial charge in [-0.1, -0.05) is 0 Å². The predicted octanol–water partition coefficient (Wildman–Crippen LogP) is 3.46. The Morgan fingerprint density at radius 1 is 1.08 bits per heavy atom. The number of carbonyl (C=O) groups is 2. The lowest BCUT2D eigenvalue weighted by atomic mass is 9.53. The van der Waals surface area contributed by atoms with E-state index < -0.39 is 17.9 Å². The summed E-state index contributed by atoms with van der Waals surface area (Å²) in [5.74, 6) is 0.977. The Morgan fingerprint density at radius 2 is 1.60 bits per heavy atom. The van der Waals surface area contributed by atoms with Gasteiger partial charge in [-0.25, -0.2) is 9.18 Å². The zero-order chi connectivity index (χ0) is 17.6. The van der Waals surface area contributed by atoms with Crippen molar-refractivity contribution in [1.82, 2.24) is 5.32 Å². The summed E-state index contributed by atoms with van der Waals surface area (Å²) in [6.45, 7) is 1.59. The minimum atomic E-state index is -0.856. The topological polar surface area (TPSA) is 55.4 Å². The molecular weight excluding hydrogens is 321 g/mol. The SMILES string of the molecule is CC(OC(=O)c1ccc(F)cc1)C(=O)NC12CC3CC(CC(C3)C1)C2. The lowest BCUT2D eigenvalue weighted by Crippen LogP contribution is -2.61. The second kappa shape index (κ2) is 6.11. The third kappa shape index (κ3) is 3.29. The molecule has 4 saturated carbocycles. The fourth-order valence-corrected chi connectivity index (χ4v) is 5.49. The molecule has 4 nitrogen and oxygen atoms in total. The monoisotopic (exact) mass is 345 g/mol. The van der Waals surface area contributed by atoms with Gasteiger partial charge in [0.2, 0.25) is 0 Å². The molecule has 0 heterocycles. The van der Waals surface area contributed by atoms with Gasteiger partial charge in [0.05, 0.1) is 5.56 Å². The Labute approximate surface area is 147 Å². The molecule has 1 amide bonds. The molecule has 4 aliphatic rings. The average molecular weight is 345 g/mol. The van der Waals surface area contributed by atoms with Gasteiger partial charge >= 0.3 is 5.97 Å². The lowest BCUT2D eigenvalue weighted by molar-refractivity contribution is -0.134. The van der Waals surface area contributed by atoms with Crippen LogP contribution in [0.1, 0.15) is 55.8 Å². The van der Waals surface area contributed by atoms with Crippen molar-refractivity contribution in [3.8, 4) is 0 Å². The van der Waals surface area contributed by atoms with Crippen LogP contribution in [0.15, 0.2) is 24.3 Å². The number of benzene rings is 1. The summed E-state index contributed by atoms with van der Waals surface area (Å²) < 4.78 is 18.2. The zero-order valence-electron chi connectivity index (χ0n) is 14.5. The molecule has 1 aromatic carbocycles. The summed E-state index contributed by atoms with van der Waals surface area (Å²) in [7, 11) is 0. The van der Waals surface area contributed by atoms with E-state index in [0.717, 1.165) is 37.0 Å². The van der Waals surface area contributed by atoms with E-state index >= 15 is 0 Å². The molecule has 4 bridgehead atoms. The Kier molecular flexibility index (Phi) is 4.05. The molecule has 1 aromatic rings. The van der Waals surface area contributed by atoms with Crippen molar-refractivity contribution in [2.45, 2.75) is 57.1 Å². The second-order valence-corrected chi connectivity index (χ2v) is 8.24. The summed E-state index contributed by atoms with van der Waals surface area (Å²) in [5.41, 5.74) is 0.151. The first-order chi connectivity index (χ1) is 11.9. The average Bonchev–Trinajstić information content (AvgIpc) is 2.53. The summed E-state index contributed by atoms with van der Waals surface area (Å²) in [6.07, 6.45) is 6.25. The smallest absolute Gasteiger partial charge is 0.338 e. The number of hydrogen-bond donors (Lipinski definition) is 1. The highest BCUT2D eigenvalue weighted by Gasteiger charge is 2.51. The molecule has 5 heteroatoms. The molecule has 25 heavy (non-hydrogen) atoms. The van der Waals surface area contributed by atoms with Crippen LogP contribution in [0.3, 0.4) is 0 Å². The maximum absolute atomic E-state index is 12.9. The van der Waals surface area contributed by atoms with Gasteiger partial charge in [0.1, 0.15) is 5.82 Å². The predicted molar refractivity (Wildman–Crippen MR) is 90.3 cm³/mol. The van der Waals surface area contributed by atoms with E-state index in [4.69, 9.17) is 4.74 Å². The summed E-state index contributed by atoms with van der Waals surface area (Å²) >= 11 is 0. The van der Waals surface area contributed by atoms with Crippen molar-refractivity contribution in [2.75, 3.05) is 0 Å². The summed E-state index contributed by atoms with van der Waals surface area (Å²) in [5, 5.41) is 3.21. The third-order valence-electron chi connectivity index (χ3n) is 6.16. The van der Waals surface area contributed by atoms with Crippen LogP contribution in [0.2, 0.25) is 0 Å². The highest BCUT2D eigenvalue weighted by molar-refractivity contribution is 5.92. The fraction of sp³-hybridized carbons (Fsp3) is 0.600. The molecule has 0 aliphatic heterocycles. The van der Waals surface area contributed by atoms with Crippen molar-refractivity contribution in [2.24, 2.45) is 17.8 Å². The maximum atomic E-state index is 12.9. The van der Waals surface area contributed by atoms with Crippen molar-refractivity contribution >= 4 is 11.9 Å². The molecule has 1 atom stereocenters. The fourth-order valence-electron chi connectivity index (χ4n) is 5.49. The van der Waals surface area contributed by atoms with Crippen molar-refractivity contribution in [1.29, 1.82) is 0 Å². The molecule has 1 unspecified atom stereocenters. The van der Waals surface area contributed by atoms with E-state index in [1.54, 1.807) is 6.92 Å². The number of esters is 1. The maximum Gasteiger partial charge on any atom is 0.338 e. The van der Waals surface area contributed by atoms with Crippen molar-refractivity contribution < 1.29 is 18.7 Å². The Hall–Kier alpha value is -1.91. The first-order valence-corrected chi connectivity index (χ1v) is 9.21. The highest BCUT2D eigenvalue weighted by Crippen LogP contribution is 2.55. The molecular formula is C20H24FNO3. The van der Waals surface area contributed by atoms with Crippen LogP contribution >= 0.6 is 0 Å². The number of nitrogens with one attached hydrogen (secondary N) is 1. The van der Waals surface area contributed by atoms with Crippen LogP contribution in [0, 0.1) is 23.6 Å². The van der Waals surface area contributed by atoms with Gasteiger partial charge in [-0.2, -0.15) is 0 Å². The lowest BCUT2D eigenvalue weighted by Gasteiger charge is -2.57. The molecule has 0 saturated heterocycles. The molecule has 5 rings (SSSR count). The molecule has 0 radical (unpaired) electrons. The summed E-state index contributed by atoms with van der Waals surface area (Å²) in [6, 6.07) is 5.14. The van der Waals surface area contributed by atoms with Crippen molar-refractivity contribution in [3.63, 3.8) is 0 Å². The minimum Gasteiger partial charge on any atom is -0.449 e. The quantitative estimate of drug-likeness (QED) is 0.851. The van der Waals surface area contributed by atoms with Crippen LogP contribution in [-0.4, -0.2) is 23.5 Å². The van der Waals surface area contributed by atoms with Gasteiger partial charge in [-0.05, 0) is 87.5 Å². The molecule has 1 N–H and O–H groups in total. The van der Waals surface area contributed by atoms with Crippen LogP contribution in [0.25, 0.3) is 0 Å². The van der Waals surface area contributed by atoms with E-state index in [0.29, 0.717) is 0 Å². The Balaban J connectivity index is 1.38. The molecule has 4 fully saturated rings. The van der Waals surface area contributed by atoms with Gasteiger partial charge < -0.3 is 10.1 Å². The molecule has 0 spiro atoms. The van der Waals surface area contributed by atoms with Gasteiger partial charge in [0.15, 0.2) is 6.10 Å². The van der Waals surface area contributed by atoms with E-state index in [9.17, 15) is 14.0 Å². The van der Waals surface area contributed by atoms with Crippen LogP contribution in [-0.2, 0) is 9.53 Å².